The van der Waals surface area contributed by atoms with Gasteiger partial charge in [0.25, 0.3) is 5.91 Å². The van der Waals surface area contributed by atoms with Crippen LogP contribution in [0.25, 0.3) is 0 Å². The minimum absolute atomic E-state index is 0.117. The molecule has 1 atom stereocenters. The first-order chi connectivity index (χ1) is 14.0. The van der Waals surface area contributed by atoms with E-state index < -0.39 is 56.3 Å². The highest BCUT2D eigenvalue weighted by Gasteiger charge is 2.37. The van der Waals surface area contributed by atoms with Gasteiger partial charge in [0.2, 0.25) is 0 Å². The molecule has 2 aromatic carbocycles. The molecule has 0 aliphatic carbocycles. The van der Waals surface area contributed by atoms with Crippen LogP contribution in [0.2, 0.25) is 0 Å². The minimum atomic E-state index is -4.67. The standard InChI is InChI=1S/C19H17F6NO4S/c1-17(28,16(27)26-15-7-5-13(6-8-15)18(20,21)22)11-31(29,30)10-12-3-2-4-14(9-12)19(23,24)25/h2-9,28H,10-11H2,1H3,(H,26,27)/t17-/m1/s1. The van der Waals surface area contributed by atoms with E-state index in [0.29, 0.717) is 18.2 Å². The second-order valence-corrected chi connectivity index (χ2v) is 9.10. The number of nitrogens with one attached hydrogen (secondary N) is 1. The molecule has 2 aromatic rings. The summed E-state index contributed by atoms with van der Waals surface area (Å²) < 4.78 is 101. The zero-order valence-corrected chi connectivity index (χ0v) is 16.7. The van der Waals surface area contributed by atoms with Crippen molar-refractivity contribution in [1.82, 2.24) is 0 Å². The van der Waals surface area contributed by atoms with Crippen LogP contribution in [-0.2, 0) is 32.7 Å². The van der Waals surface area contributed by atoms with Crippen molar-refractivity contribution in [2.45, 2.75) is 30.6 Å². The molecular formula is C19H17F6NO4S. The SMILES string of the molecule is C[C@@](O)(CS(=O)(=O)Cc1cccc(C(F)(F)F)c1)C(=O)Nc1ccc(C(F)(F)F)cc1. The summed E-state index contributed by atoms with van der Waals surface area (Å²) in [5.41, 5.74) is -4.82. The number of hydrogen-bond donors (Lipinski definition) is 2. The maximum absolute atomic E-state index is 12.8. The van der Waals surface area contributed by atoms with Crippen molar-refractivity contribution in [3.8, 4) is 0 Å². The Kier molecular flexibility index (Phi) is 6.76. The number of halogens is 6. The largest absolute Gasteiger partial charge is 0.416 e. The van der Waals surface area contributed by atoms with Crippen molar-refractivity contribution < 1.29 is 44.7 Å². The quantitative estimate of drug-likeness (QED) is 0.626. The molecule has 0 bridgehead atoms. The van der Waals surface area contributed by atoms with Gasteiger partial charge in [0, 0.05) is 5.69 Å². The zero-order valence-electron chi connectivity index (χ0n) is 15.9. The van der Waals surface area contributed by atoms with Crippen LogP contribution in [0.5, 0.6) is 0 Å². The molecule has 0 spiro atoms. The number of carbonyl (C=O) groups excluding carboxylic acids is 1. The smallest absolute Gasteiger partial charge is 0.379 e. The summed E-state index contributed by atoms with van der Waals surface area (Å²) in [7, 11) is -4.24. The van der Waals surface area contributed by atoms with Gasteiger partial charge in [-0.1, -0.05) is 18.2 Å². The number of alkyl halides is 6. The molecule has 2 N–H and O–H groups in total. The Labute approximate surface area is 173 Å². The van der Waals surface area contributed by atoms with Crippen LogP contribution in [0.15, 0.2) is 48.5 Å². The Morgan fingerprint density at radius 1 is 0.935 bits per heavy atom. The maximum atomic E-state index is 12.8. The second-order valence-electron chi connectivity index (χ2n) is 7.03. The van der Waals surface area contributed by atoms with E-state index in [-0.39, 0.29) is 11.3 Å². The van der Waals surface area contributed by atoms with E-state index in [1.54, 1.807) is 0 Å². The van der Waals surface area contributed by atoms with E-state index in [2.05, 4.69) is 5.32 Å². The molecule has 0 heterocycles. The number of anilines is 1. The fourth-order valence-electron chi connectivity index (χ4n) is 2.64. The monoisotopic (exact) mass is 469 g/mol. The van der Waals surface area contributed by atoms with Gasteiger partial charge in [-0.25, -0.2) is 8.42 Å². The molecule has 5 nitrogen and oxygen atoms in total. The first-order valence-electron chi connectivity index (χ1n) is 8.57. The topological polar surface area (TPSA) is 83.5 Å². The van der Waals surface area contributed by atoms with Crippen LogP contribution < -0.4 is 5.32 Å². The summed E-state index contributed by atoms with van der Waals surface area (Å²) >= 11 is 0. The van der Waals surface area contributed by atoms with Crippen molar-refractivity contribution in [3.63, 3.8) is 0 Å². The van der Waals surface area contributed by atoms with Gasteiger partial charge in [0.05, 0.1) is 22.6 Å². The summed E-state index contributed by atoms with van der Waals surface area (Å²) in [5, 5.41) is 12.4. The van der Waals surface area contributed by atoms with Gasteiger partial charge in [0.1, 0.15) is 0 Å². The lowest BCUT2D eigenvalue weighted by molar-refractivity contribution is -0.138. The van der Waals surface area contributed by atoms with Gasteiger partial charge in [-0.15, -0.1) is 0 Å². The Morgan fingerprint density at radius 3 is 2.00 bits per heavy atom. The molecule has 170 valence electrons. The van der Waals surface area contributed by atoms with Crippen LogP contribution in [0, 0.1) is 0 Å². The third-order valence-electron chi connectivity index (χ3n) is 4.10. The number of rotatable bonds is 6. The lowest BCUT2D eigenvalue weighted by Crippen LogP contribution is -2.46. The lowest BCUT2D eigenvalue weighted by atomic mass is 10.1. The Bertz CT molecular complexity index is 1040. The Balaban J connectivity index is 2.10. The normalized spacial score (nSPS) is 14.7. The second kappa shape index (κ2) is 8.50. The first kappa shape index (κ1) is 24.7. The molecule has 0 saturated heterocycles. The zero-order chi connectivity index (χ0) is 23.7. The van der Waals surface area contributed by atoms with Crippen molar-refractivity contribution in [2.24, 2.45) is 0 Å². The molecular weight excluding hydrogens is 452 g/mol. The fourth-order valence-corrected chi connectivity index (χ4v) is 4.42. The first-order valence-corrected chi connectivity index (χ1v) is 10.4. The minimum Gasteiger partial charge on any atom is -0.379 e. The number of carbonyl (C=O) groups is 1. The van der Waals surface area contributed by atoms with Gasteiger partial charge in [-0.2, -0.15) is 26.3 Å². The number of hydrogen-bond acceptors (Lipinski definition) is 4. The van der Waals surface area contributed by atoms with Gasteiger partial charge < -0.3 is 10.4 Å². The summed E-state index contributed by atoms with van der Waals surface area (Å²) in [5.74, 6) is -3.19. The summed E-state index contributed by atoms with van der Waals surface area (Å²) in [6.07, 6.45) is -9.27. The van der Waals surface area contributed by atoms with E-state index in [1.807, 2.05) is 0 Å². The fraction of sp³-hybridized carbons (Fsp3) is 0.316. The summed E-state index contributed by atoms with van der Waals surface area (Å²) in [4.78, 5) is 12.2. The van der Waals surface area contributed by atoms with Gasteiger partial charge in [-0.05, 0) is 42.8 Å². The summed E-state index contributed by atoms with van der Waals surface area (Å²) in [6.45, 7) is 0.871. The molecule has 0 aromatic heterocycles. The molecule has 0 saturated carbocycles. The van der Waals surface area contributed by atoms with Crippen molar-refractivity contribution in [3.05, 3.63) is 65.2 Å². The Morgan fingerprint density at radius 2 is 1.48 bits per heavy atom. The van der Waals surface area contributed by atoms with Crippen LogP contribution in [0.1, 0.15) is 23.6 Å². The average Bonchev–Trinajstić information content (AvgIpc) is 2.59. The van der Waals surface area contributed by atoms with Crippen LogP contribution in [-0.4, -0.2) is 30.8 Å². The third kappa shape index (κ3) is 6.96. The molecule has 0 fully saturated rings. The van der Waals surface area contributed by atoms with E-state index in [9.17, 15) is 44.7 Å². The van der Waals surface area contributed by atoms with Gasteiger partial charge in [-0.3, -0.25) is 4.79 Å². The molecule has 2 rings (SSSR count). The predicted molar refractivity (Wildman–Crippen MR) is 99.6 cm³/mol. The van der Waals surface area contributed by atoms with Gasteiger partial charge >= 0.3 is 12.4 Å². The predicted octanol–water partition coefficient (Wildman–Crippen LogP) is 4.03. The number of aliphatic hydroxyl groups is 1. The lowest BCUT2D eigenvalue weighted by Gasteiger charge is -2.22. The van der Waals surface area contributed by atoms with E-state index in [1.165, 1.54) is 0 Å². The number of sulfone groups is 1. The van der Waals surface area contributed by atoms with E-state index in [0.717, 1.165) is 37.3 Å². The molecule has 12 heteroatoms. The van der Waals surface area contributed by atoms with Crippen molar-refractivity contribution >= 4 is 21.4 Å². The molecule has 1 amide bonds. The third-order valence-corrected chi connectivity index (χ3v) is 5.88. The van der Waals surface area contributed by atoms with E-state index >= 15 is 0 Å². The Hall–Kier alpha value is -2.60. The van der Waals surface area contributed by atoms with Crippen molar-refractivity contribution in [1.29, 1.82) is 0 Å². The molecule has 0 radical (unpaired) electrons. The van der Waals surface area contributed by atoms with Gasteiger partial charge in [0.15, 0.2) is 15.4 Å². The average molecular weight is 469 g/mol. The van der Waals surface area contributed by atoms with Crippen LogP contribution >= 0.6 is 0 Å². The highest BCUT2D eigenvalue weighted by Crippen LogP contribution is 2.31. The molecule has 31 heavy (non-hydrogen) atoms. The molecule has 0 aliphatic heterocycles. The molecule has 0 unspecified atom stereocenters. The van der Waals surface area contributed by atoms with E-state index in [4.69, 9.17) is 0 Å². The summed E-state index contributed by atoms with van der Waals surface area (Å²) in [6, 6.07) is 6.83. The highest BCUT2D eigenvalue weighted by atomic mass is 32.2. The highest BCUT2D eigenvalue weighted by molar-refractivity contribution is 7.90. The maximum Gasteiger partial charge on any atom is 0.416 e. The van der Waals surface area contributed by atoms with Crippen molar-refractivity contribution in [2.75, 3.05) is 11.1 Å². The van der Waals surface area contributed by atoms with Crippen LogP contribution in [0.4, 0.5) is 32.0 Å². The molecule has 0 aliphatic rings. The van der Waals surface area contributed by atoms with Crippen LogP contribution in [0.3, 0.4) is 0 Å². The number of benzene rings is 2. The number of amides is 1.